The molecule has 2 aromatic carbocycles. The number of carbonyl (C=O) groups excluding carboxylic acids is 4. The number of aryl methyl sites for hydroxylation is 1. The molecular weight excluding hydrogens is 733 g/mol. The fourth-order valence-corrected chi connectivity index (χ4v) is 8.11. The molecular formula is C38H52N6O10S. The van der Waals surface area contributed by atoms with Crippen molar-refractivity contribution in [2.75, 3.05) is 26.7 Å². The molecule has 1 saturated heterocycles. The molecule has 4 rings (SSSR count). The number of likely N-dealkylation sites (tertiary alicyclic amines) is 1. The Labute approximate surface area is 321 Å². The van der Waals surface area contributed by atoms with Crippen LogP contribution in [0.2, 0.25) is 0 Å². The van der Waals surface area contributed by atoms with Gasteiger partial charge in [0.2, 0.25) is 27.7 Å². The predicted octanol–water partition coefficient (Wildman–Crippen LogP) is 2.98. The van der Waals surface area contributed by atoms with E-state index >= 15 is 0 Å². The lowest BCUT2D eigenvalue weighted by molar-refractivity contribution is -0.155. The average molecular weight is 785 g/mol. The van der Waals surface area contributed by atoms with E-state index in [1.165, 1.54) is 7.11 Å². The van der Waals surface area contributed by atoms with E-state index in [2.05, 4.69) is 30.0 Å². The first kappa shape index (κ1) is 42.7. The molecule has 1 aromatic heterocycles. The molecule has 1 fully saturated rings. The number of aromatic nitrogens is 2. The van der Waals surface area contributed by atoms with Gasteiger partial charge in [0.25, 0.3) is 0 Å². The van der Waals surface area contributed by atoms with Crippen LogP contribution in [0.25, 0.3) is 11.4 Å². The number of methoxy groups -OCH3 is 1. The number of carbonyl (C=O) groups is 4. The Bertz CT molecular complexity index is 2010. The minimum absolute atomic E-state index is 0.0429. The van der Waals surface area contributed by atoms with Gasteiger partial charge in [-0.3, -0.25) is 28.7 Å². The normalized spacial score (nSPS) is 14.5. The smallest absolute Gasteiger partial charge is 0.439 e. The Morgan fingerprint density at radius 2 is 1.67 bits per heavy atom. The fourth-order valence-electron chi connectivity index (χ4n) is 6.39. The van der Waals surface area contributed by atoms with Crippen LogP contribution in [-0.4, -0.2) is 91.6 Å². The number of esters is 1. The van der Waals surface area contributed by atoms with E-state index in [0.29, 0.717) is 46.7 Å². The Balaban J connectivity index is 1.60. The molecule has 0 aliphatic carbocycles. The number of H-pyrrole nitrogens is 1. The Kier molecular flexibility index (Phi) is 14.4. The molecule has 55 heavy (non-hydrogen) atoms. The van der Waals surface area contributed by atoms with Gasteiger partial charge in [-0.1, -0.05) is 29.4 Å². The maximum Gasteiger partial charge on any atom is 0.439 e. The molecule has 3 aromatic rings. The standard InChI is InChI=1S/C38H52N6O10S/c1-23-20-30(52-7)24(2)25(3)33(23)55(50,51)43-28(22-31(45)39-17-11-12-32(46)53-38(4,5)6)35(47)40-29(36(48)44-18-9-8-10-19-44)21-26-13-15-27(16-14-26)34-41-37(49)54-42-34/h13-16,20,28-29,43H,8-12,17-19,21-22H2,1-7H3,(H,39,45)(H,40,47)(H,41,42,49)/t28-,29+/m0/s1. The number of benzene rings is 2. The number of piperidine rings is 1. The maximum atomic E-state index is 14.2. The minimum atomic E-state index is -4.42. The van der Waals surface area contributed by atoms with Crippen molar-refractivity contribution in [3.8, 4) is 17.1 Å². The zero-order valence-corrected chi connectivity index (χ0v) is 33.3. The second-order valence-corrected chi connectivity index (χ2v) is 16.3. The van der Waals surface area contributed by atoms with Gasteiger partial charge in [0.05, 0.1) is 18.4 Å². The molecule has 300 valence electrons. The van der Waals surface area contributed by atoms with Crippen LogP contribution in [-0.2, 0) is 40.4 Å². The van der Waals surface area contributed by atoms with Crippen LogP contribution in [0.5, 0.6) is 5.75 Å². The Hall–Kier alpha value is -5.03. The van der Waals surface area contributed by atoms with Gasteiger partial charge < -0.3 is 25.0 Å². The molecule has 1 aliphatic rings. The van der Waals surface area contributed by atoms with Crippen LogP contribution in [0, 0.1) is 20.8 Å². The van der Waals surface area contributed by atoms with Crippen LogP contribution >= 0.6 is 0 Å². The summed E-state index contributed by atoms with van der Waals surface area (Å²) in [6.07, 6.45) is 2.31. The molecule has 3 amide bonds. The van der Waals surface area contributed by atoms with Crippen LogP contribution in [0.15, 0.2) is 44.5 Å². The molecule has 0 saturated carbocycles. The highest BCUT2D eigenvalue weighted by Crippen LogP contribution is 2.31. The summed E-state index contributed by atoms with van der Waals surface area (Å²) in [6.45, 7) is 11.3. The molecule has 0 bridgehead atoms. The minimum Gasteiger partial charge on any atom is -0.496 e. The van der Waals surface area contributed by atoms with E-state index in [9.17, 15) is 32.4 Å². The number of hydrogen-bond donors (Lipinski definition) is 4. The zero-order valence-electron chi connectivity index (χ0n) is 32.5. The summed E-state index contributed by atoms with van der Waals surface area (Å²) in [5.74, 6) is -2.28. The Morgan fingerprint density at radius 3 is 2.27 bits per heavy atom. The number of aromatic amines is 1. The first-order valence-corrected chi connectivity index (χ1v) is 19.8. The van der Waals surface area contributed by atoms with E-state index in [1.54, 1.807) is 76.8 Å². The van der Waals surface area contributed by atoms with Crippen molar-refractivity contribution in [3.63, 3.8) is 0 Å². The van der Waals surface area contributed by atoms with Crippen molar-refractivity contribution >= 4 is 33.7 Å². The van der Waals surface area contributed by atoms with Gasteiger partial charge in [-0.2, -0.15) is 4.72 Å². The van der Waals surface area contributed by atoms with Crippen molar-refractivity contribution < 1.29 is 41.6 Å². The summed E-state index contributed by atoms with van der Waals surface area (Å²) in [7, 11) is -2.94. The third-order valence-electron chi connectivity index (χ3n) is 9.16. The third kappa shape index (κ3) is 12.0. The Morgan fingerprint density at radius 1 is 1.00 bits per heavy atom. The van der Waals surface area contributed by atoms with E-state index in [1.807, 2.05) is 0 Å². The zero-order chi connectivity index (χ0) is 40.5. The molecule has 0 unspecified atom stereocenters. The number of amides is 3. The number of nitrogens with one attached hydrogen (secondary N) is 4. The summed E-state index contributed by atoms with van der Waals surface area (Å²) in [4.78, 5) is 69.1. The van der Waals surface area contributed by atoms with Gasteiger partial charge in [-0.15, -0.1) is 0 Å². The molecule has 1 aliphatic heterocycles. The summed E-state index contributed by atoms with van der Waals surface area (Å²) < 4.78 is 45.9. The molecule has 0 spiro atoms. The second-order valence-electron chi connectivity index (χ2n) is 14.7. The first-order valence-electron chi connectivity index (χ1n) is 18.3. The number of ether oxygens (including phenoxy) is 2. The van der Waals surface area contributed by atoms with E-state index in [4.69, 9.17) is 9.47 Å². The monoisotopic (exact) mass is 784 g/mol. The summed E-state index contributed by atoms with van der Waals surface area (Å²) in [5, 5.41) is 9.11. The predicted molar refractivity (Wildman–Crippen MR) is 203 cm³/mol. The second kappa shape index (κ2) is 18.5. The molecule has 2 heterocycles. The van der Waals surface area contributed by atoms with Crippen LogP contribution in [0.3, 0.4) is 0 Å². The number of hydrogen-bond acceptors (Lipinski definition) is 11. The molecule has 17 heteroatoms. The van der Waals surface area contributed by atoms with Crippen LogP contribution in [0.4, 0.5) is 0 Å². The summed E-state index contributed by atoms with van der Waals surface area (Å²) >= 11 is 0. The van der Waals surface area contributed by atoms with Gasteiger partial charge >= 0.3 is 11.7 Å². The van der Waals surface area contributed by atoms with Gasteiger partial charge in [0.1, 0.15) is 23.4 Å². The van der Waals surface area contributed by atoms with Crippen molar-refractivity contribution in [2.45, 2.75) is 109 Å². The fraction of sp³-hybridized carbons (Fsp3) is 0.526. The molecule has 4 N–H and O–H groups in total. The first-order chi connectivity index (χ1) is 25.9. The van der Waals surface area contributed by atoms with Gasteiger partial charge in [0.15, 0.2) is 5.82 Å². The van der Waals surface area contributed by atoms with Gasteiger partial charge in [-0.25, -0.2) is 13.2 Å². The largest absolute Gasteiger partial charge is 0.496 e. The molecule has 2 atom stereocenters. The van der Waals surface area contributed by atoms with E-state index in [0.717, 1.165) is 19.3 Å². The average Bonchev–Trinajstić information content (AvgIpc) is 3.56. The van der Waals surface area contributed by atoms with Gasteiger partial charge in [-0.05, 0) is 95.5 Å². The van der Waals surface area contributed by atoms with Crippen molar-refractivity contribution in [1.82, 2.24) is 30.4 Å². The number of sulfonamides is 1. The van der Waals surface area contributed by atoms with E-state index < -0.39 is 57.7 Å². The highest BCUT2D eigenvalue weighted by atomic mass is 32.2. The van der Waals surface area contributed by atoms with Crippen LogP contribution < -0.4 is 25.8 Å². The van der Waals surface area contributed by atoms with Crippen molar-refractivity contribution in [1.29, 1.82) is 0 Å². The SMILES string of the molecule is COc1cc(C)c(S(=O)(=O)N[C@@H](CC(=O)NCCCC(=O)OC(C)(C)C)C(=O)N[C@H](Cc2ccc(-c3noc(=O)[nH]3)cc2)C(=O)N2CCCCC2)c(C)c1C. The van der Waals surface area contributed by atoms with E-state index in [-0.39, 0.29) is 42.4 Å². The highest BCUT2D eigenvalue weighted by Gasteiger charge is 2.34. The summed E-state index contributed by atoms with van der Waals surface area (Å²) in [5.41, 5.74) is 1.92. The number of rotatable bonds is 16. The van der Waals surface area contributed by atoms with Crippen molar-refractivity contribution in [3.05, 3.63) is 63.1 Å². The molecule has 16 nitrogen and oxygen atoms in total. The third-order valence-corrected chi connectivity index (χ3v) is 10.9. The highest BCUT2D eigenvalue weighted by molar-refractivity contribution is 7.89. The maximum absolute atomic E-state index is 14.2. The quantitative estimate of drug-likeness (QED) is 0.122. The van der Waals surface area contributed by atoms with Crippen LogP contribution in [0.1, 0.15) is 81.5 Å². The molecule has 0 radical (unpaired) electrons. The van der Waals surface area contributed by atoms with Crippen molar-refractivity contribution in [2.24, 2.45) is 0 Å². The van der Waals surface area contributed by atoms with Gasteiger partial charge in [0, 0.05) is 38.0 Å². The lowest BCUT2D eigenvalue weighted by Crippen LogP contribution is -2.56. The summed E-state index contributed by atoms with van der Waals surface area (Å²) in [6, 6.07) is 5.64. The lowest BCUT2D eigenvalue weighted by atomic mass is 10.0. The topological polar surface area (TPSA) is 219 Å². The number of nitrogens with zero attached hydrogens (tertiary/aromatic N) is 2. The lowest BCUT2D eigenvalue weighted by Gasteiger charge is -2.31.